The number of aliphatic hydroxyl groups is 1. The average molecular weight is 360 g/mol. The lowest BCUT2D eigenvalue weighted by atomic mass is 10.0. The molecule has 1 atom stereocenters. The number of aliphatic hydroxyl groups excluding tert-OH is 1. The highest BCUT2D eigenvalue weighted by Crippen LogP contribution is 2.31. The molecule has 106 valence electrons. The summed E-state index contributed by atoms with van der Waals surface area (Å²) in [5.74, 6) is 0.246. The van der Waals surface area contributed by atoms with E-state index in [1.54, 1.807) is 24.3 Å². The van der Waals surface area contributed by atoms with Gasteiger partial charge in [0, 0.05) is 21.5 Å². The Labute approximate surface area is 130 Å². The first-order valence-electron chi connectivity index (χ1n) is 5.96. The molecule has 0 spiro atoms. The van der Waals surface area contributed by atoms with Gasteiger partial charge >= 0.3 is 0 Å². The molecular formula is C15H13BrClFO2. The van der Waals surface area contributed by atoms with Gasteiger partial charge in [-0.1, -0.05) is 33.6 Å². The van der Waals surface area contributed by atoms with Crippen molar-refractivity contribution >= 4 is 27.5 Å². The van der Waals surface area contributed by atoms with Crippen LogP contribution in [0.15, 0.2) is 40.9 Å². The third-order valence-electron chi connectivity index (χ3n) is 2.98. The normalized spacial score (nSPS) is 12.2. The Kier molecular flexibility index (Phi) is 5.02. The monoisotopic (exact) mass is 358 g/mol. The molecule has 0 aliphatic carbocycles. The van der Waals surface area contributed by atoms with Gasteiger partial charge in [0.1, 0.15) is 11.6 Å². The van der Waals surface area contributed by atoms with E-state index in [1.807, 2.05) is 0 Å². The van der Waals surface area contributed by atoms with E-state index >= 15 is 0 Å². The number of ether oxygens (including phenoxy) is 1. The highest BCUT2D eigenvalue weighted by atomic mass is 79.9. The summed E-state index contributed by atoms with van der Waals surface area (Å²) >= 11 is 9.24. The van der Waals surface area contributed by atoms with Crippen molar-refractivity contribution in [2.75, 3.05) is 7.11 Å². The third-order valence-corrected chi connectivity index (χ3v) is 3.95. The molecule has 0 saturated heterocycles. The fraction of sp³-hybridized carbons (Fsp3) is 0.200. The minimum absolute atomic E-state index is 0.324. The zero-order valence-electron chi connectivity index (χ0n) is 10.7. The standard InChI is InChI=1S/C15H13BrClFO2/c1-20-15-5-3-10(17)7-12(15)14(19)6-9-2-4-11(18)8-13(9)16/h2-5,7-8,14,19H,6H2,1H3. The molecule has 0 saturated carbocycles. The van der Waals surface area contributed by atoms with Crippen molar-refractivity contribution in [3.63, 3.8) is 0 Å². The summed E-state index contributed by atoms with van der Waals surface area (Å²) in [6, 6.07) is 9.45. The summed E-state index contributed by atoms with van der Waals surface area (Å²) in [7, 11) is 1.53. The van der Waals surface area contributed by atoms with Crippen molar-refractivity contribution < 1.29 is 14.2 Å². The van der Waals surface area contributed by atoms with Crippen LogP contribution in [0.2, 0.25) is 5.02 Å². The molecular weight excluding hydrogens is 347 g/mol. The summed E-state index contributed by atoms with van der Waals surface area (Å²) < 4.78 is 18.9. The fourth-order valence-corrected chi connectivity index (χ4v) is 2.66. The van der Waals surface area contributed by atoms with Crippen LogP contribution in [0.5, 0.6) is 5.75 Å². The minimum Gasteiger partial charge on any atom is -0.496 e. The van der Waals surface area contributed by atoms with Crippen LogP contribution in [0.1, 0.15) is 17.2 Å². The highest BCUT2D eigenvalue weighted by molar-refractivity contribution is 9.10. The van der Waals surface area contributed by atoms with E-state index in [1.165, 1.54) is 19.2 Å². The van der Waals surface area contributed by atoms with Gasteiger partial charge in [-0.05, 0) is 35.9 Å². The molecule has 0 aliphatic rings. The average Bonchev–Trinajstić information content (AvgIpc) is 2.41. The van der Waals surface area contributed by atoms with Crippen LogP contribution in [0.4, 0.5) is 4.39 Å². The van der Waals surface area contributed by atoms with E-state index < -0.39 is 6.10 Å². The summed E-state index contributed by atoms with van der Waals surface area (Å²) in [5, 5.41) is 10.9. The van der Waals surface area contributed by atoms with E-state index in [4.69, 9.17) is 16.3 Å². The first-order chi connectivity index (χ1) is 9.51. The Morgan fingerprint density at radius 3 is 2.70 bits per heavy atom. The van der Waals surface area contributed by atoms with Gasteiger partial charge in [-0.15, -0.1) is 0 Å². The predicted molar refractivity (Wildman–Crippen MR) is 80.8 cm³/mol. The Morgan fingerprint density at radius 2 is 2.05 bits per heavy atom. The van der Waals surface area contributed by atoms with Crippen molar-refractivity contribution in [3.8, 4) is 5.75 Å². The molecule has 0 aromatic heterocycles. The second-order valence-electron chi connectivity index (χ2n) is 4.34. The smallest absolute Gasteiger partial charge is 0.124 e. The Hall–Kier alpha value is -1.10. The van der Waals surface area contributed by atoms with Gasteiger partial charge in [-0.25, -0.2) is 4.39 Å². The highest BCUT2D eigenvalue weighted by Gasteiger charge is 2.16. The van der Waals surface area contributed by atoms with E-state index in [2.05, 4.69) is 15.9 Å². The largest absolute Gasteiger partial charge is 0.496 e. The molecule has 0 heterocycles. The van der Waals surface area contributed by atoms with Crippen molar-refractivity contribution in [3.05, 3.63) is 62.8 Å². The van der Waals surface area contributed by atoms with Crippen molar-refractivity contribution in [2.45, 2.75) is 12.5 Å². The molecule has 1 N–H and O–H groups in total. The molecule has 2 nitrogen and oxygen atoms in total. The van der Waals surface area contributed by atoms with Crippen LogP contribution >= 0.6 is 27.5 Å². The molecule has 2 aromatic rings. The van der Waals surface area contributed by atoms with Crippen molar-refractivity contribution in [1.29, 1.82) is 0 Å². The van der Waals surface area contributed by atoms with E-state index in [0.717, 1.165) is 5.56 Å². The topological polar surface area (TPSA) is 29.5 Å². The maximum absolute atomic E-state index is 13.0. The quantitative estimate of drug-likeness (QED) is 0.869. The SMILES string of the molecule is COc1ccc(Cl)cc1C(O)Cc1ccc(F)cc1Br. The number of halogens is 3. The number of hydrogen-bond donors (Lipinski definition) is 1. The van der Waals surface area contributed by atoms with Crippen LogP contribution in [0.3, 0.4) is 0 Å². The number of hydrogen-bond acceptors (Lipinski definition) is 2. The van der Waals surface area contributed by atoms with Crippen LogP contribution in [-0.4, -0.2) is 12.2 Å². The van der Waals surface area contributed by atoms with Crippen molar-refractivity contribution in [1.82, 2.24) is 0 Å². The second-order valence-corrected chi connectivity index (χ2v) is 5.63. The Morgan fingerprint density at radius 1 is 1.30 bits per heavy atom. The predicted octanol–water partition coefficient (Wildman–Crippen LogP) is 4.53. The summed E-state index contributed by atoms with van der Waals surface area (Å²) in [4.78, 5) is 0. The first-order valence-corrected chi connectivity index (χ1v) is 7.14. The van der Waals surface area contributed by atoms with Crippen LogP contribution in [0.25, 0.3) is 0 Å². The number of methoxy groups -OCH3 is 1. The lowest BCUT2D eigenvalue weighted by Gasteiger charge is -2.16. The molecule has 2 aromatic carbocycles. The lowest BCUT2D eigenvalue weighted by Crippen LogP contribution is -2.05. The van der Waals surface area contributed by atoms with E-state index in [0.29, 0.717) is 27.2 Å². The fourth-order valence-electron chi connectivity index (χ4n) is 1.97. The van der Waals surface area contributed by atoms with Gasteiger partial charge in [-0.3, -0.25) is 0 Å². The lowest BCUT2D eigenvalue weighted by molar-refractivity contribution is 0.174. The van der Waals surface area contributed by atoms with Gasteiger partial charge in [0.15, 0.2) is 0 Å². The molecule has 5 heteroatoms. The van der Waals surface area contributed by atoms with Gasteiger partial charge < -0.3 is 9.84 Å². The molecule has 2 rings (SSSR count). The molecule has 20 heavy (non-hydrogen) atoms. The summed E-state index contributed by atoms with van der Waals surface area (Å²) in [6.07, 6.45) is -0.456. The molecule has 0 bridgehead atoms. The zero-order chi connectivity index (χ0) is 14.7. The second kappa shape index (κ2) is 6.57. The molecule has 0 amide bonds. The molecule has 0 fully saturated rings. The summed E-state index contributed by atoms with van der Waals surface area (Å²) in [6.45, 7) is 0. The van der Waals surface area contributed by atoms with E-state index in [-0.39, 0.29) is 5.82 Å². The Balaban J connectivity index is 2.27. The third kappa shape index (κ3) is 3.51. The van der Waals surface area contributed by atoms with Gasteiger partial charge in [0.05, 0.1) is 13.2 Å². The zero-order valence-corrected chi connectivity index (χ0v) is 13.1. The molecule has 1 unspecified atom stereocenters. The van der Waals surface area contributed by atoms with Crippen LogP contribution in [-0.2, 0) is 6.42 Å². The molecule has 0 radical (unpaired) electrons. The molecule has 0 aliphatic heterocycles. The number of benzene rings is 2. The summed E-state index contributed by atoms with van der Waals surface area (Å²) in [5.41, 5.74) is 1.41. The first kappa shape index (κ1) is 15.3. The maximum Gasteiger partial charge on any atom is 0.124 e. The van der Waals surface area contributed by atoms with Gasteiger partial charge in [0.2, 0.25) is 0 Å². The van der Waals surface area contributed by atoms with Gasteiger partial charge in [0.25, 0.3) is 0 Å². The minimum atomic E-state index is -0.787. The van der Waals surface area contributed by atoms with Crippen molar-refractivity contribution in [2.24, 2.45) is 0 Å². The van der Waals surface area contributed by atoms with Gasteiger partial charge in [-0.2, -0.15) is 0 Å². The van der Waals surface area contributed by atoms with Crippen LogP contribution < -0.4 is 4.74 Å². The number of rotatable bonds is 4. The maximum atomic E-state index is 13.0. The van der Waals surface area contributed by atoms with E-state index in [9.17, 15) is 9.50 Å². The Bertz CT molecular complexity index is 619. The van der Waals surface area contributed by atoms with Crippen LogP contribution in [0, 0.1) is 5.82 Å².